The highest BCUT2D eigenvalue weighted by molar-refractivity contribution is 5.95. The quantitative estimate of drug-likeness (QED) is 0.546. The number of fused-ring (bicyclic) bond motifs is 1. The molecular formula is C26H28N2O5. The van der Waals surface area contributed by atoms with E-state index >= 15 is 0 Å². The first kappa shape index (κ1) is 21.4. The second kappa shape index (κ2) is 9.17. The number of likely N-dealkylation sites (tertiary alicyclic amines) is 1. The third-order valence-corrected chi connectivity index (χ3v) is 6.32. The van der Waals surface area contributed by atoms with E-state index in [1.54, 1.807) is 0 Å². The number of nitrogens with zero attached hydrogens (tertiary/aromatic N) is 2. The van der Waals surface area contributed by atoms with Crippen LogP contribution in [0.25, 0.3) is 0 Å². The normalized spacial score (nSPS) is 17.6. The minimum absolute atomic E-state index is 0.00685. The van der Waals surface area contributed by atoms with Gasteiger partial charge in [-0.2, -0.15) is 0 Å². The fraction of sp³-hybridized carbons (Fsp3) is 0.385. The number of benzene rings is 2. The molecule has 1 aromatic heterocycles. The maximum Gasteiger partial charge on any atom is 0.254 e. The Bertz CT molecular complexity index is 1140. The van der Waals surface area contributed by atoms with Crippen molar-refractivity contribution in [2.24, 2.45) is 0 Å². The lowest BCUT2D eigenvalue weighted by molar-refractivity contribution is 0.0735. The van der Waals surface area contributed by atoms with E-state index in [0.717, 1.165) is 59.9 Å². The number of hydrogen-bond donors (Lipinski definition) is 0. The lowest BCUT2D eigenvalue weighted by Crippen LogP contribution is -2.30. The van der Waals surface area contributed by atoms with Gasteiger partial charge < -0.3 is 23.6 Å². The number of aryl methyl sites for hydroxylation is 2. The van der Waals surface area contributed by atoms with Crippen LogP contribution in [0.5, 0.6) is 17.2 Å². The van der Waals surface area contributed by atoms with Crippen LogP contribution in [0.4, 0.5) is 0 Å². The molecule has 1 fully saturated rings. The van der Waals surface area contributed by atoms with Crippen LogP contribution in [0.1, 0.15) is 58.2 Å². The van der Waals surface area contributed by atoms with Crippen LogP contribution in [0, 0.1) is 13.8 Å². The van der Waals surface area contributed by atoms with Crippen molar-refractivity contribution in [3.05, 3.63) is 70.6 Å². The standard InChI is InChI=1S/C26H28N2O5/c1-17-22(18(2)33-27-17)16-32-21-7-3-6-20(14-21)26(29)28-11-4-8-23(28)19-9-10-24-25(15-19)31-13-5-12-30-24/h3,6-7,9-10,14-15,23H,4-5,8,11-13,16H2,1-2H3/t23-/m1/s1. The fourth-order valence-corrected chi connectivity index (χ4v) is 4.49. The summed E-state index contributed by atoms with van der Waals surface area (Å²) in [5, 5.41) is 3.96. The van der Waals surface area contributed by atoms with Crippen LogP contribution in [0.15, 0.2) is 47.0 Å². The van der Waals surface area contributed by atoms with Crippen LogP contribution in [-0.2, 0) is 6.61 Å². The average molecular weight is 449 g/mol. The Morgan fingerprint density at radius 2 is 1.94 bits per heavy atom. The SMILES string of the molecule is Cc1noc(C)c1COc1cccc(C(=O)N2CCC[C@@H]2c2ccc3c(c2)OCCCO3)c1. The van der Waals surface area contributed by atoms with Gasteiger partial charge in [0, 0.05) is 18.5 Å². The van der Waals surface area contributed by atoms with E-state index in [1.807, 2.05) is 61.2 Å². The van der Waals surface area contributed by atoms with Crippen LogP contribution in [-0.4, -0.2) is 35.7 Å². The smallest absolute Gasteiger partial charge is 0.254 e. The molecule has 1 amide bonds. The molecule has 7 heteroatoms. The van der Waals surface area contributed by atoms with Gasteiger partial charge in [0.1, 0.15) is 18.1 Å². The molecule has 2 aliphatic rings. The van der Waals surface area contributed by atoms with Crippen molar-refractivity contribution in [1.82, 2.24) is 10.1 Å². The maximum absolute atomic E-state index is 13.5. The molecule has 1 saturated heterocycles. The Morgan fingerprint density at radius 3 is 2.76 bits per heavy atom. The number of carbonyl (C=O) groups excluding carboxylic acids is 1. The molecule has 2 aromatic carbocycles. The van der Waals surface area contributed by atoms with Crippen LogP contribution in [0.2, 0.25) is 0 Å². The van der Waals surface area contributed by atoms with Crippen molar-refractivity contribution in [1.29, 1.82) is 0 Å². The van der Waals surface area contributed by atoms with Gasteiger partial charge in [-0.3, -0.25) is 4.79 Å². The molecule has 0 spiro atoms. The Labute approximate surface area is 193 Å². The third-order valence-electron chi connectivity index (χ3n) is 6.32. The molecule has 172 valence electrons. The van der Waals surface area contributed by atoms with Gasteiger partial charge in [0.15, 0.2) is 11.5 Å². The molecule has 2 aliphatic heterocycles. The summed E-state index contributed by atoms with van der Waals surface area (Å²) >= 11 is 0. The highest BCUT2D eigenvalue weighted by Gasteiger charge is 2.31. The molecule has 7 nitrogen and oxygen atoms in total. The first-order chi connectivity index (χ1) is 16.1. The second-order valence-electron chi connectivity index (χ2n) is 8.53. The molecule has 0 bridgehead atoms. The number of aromatic nitrogens is 1. The van der Waals surface area contributed by atoms with Gasteiger partial charge >= 0.3 is 0 Å². The molecular weight excluding hydrogens is 420 g/mol. The Balaban J connectivity index is 1.32. The molecule has 0 unspecified atom stereocenters. The summed E-state index contributed by atoms with van der Waals surface area (Å²) in [5.74, 6) is 2.93. The summed E-state index contributed by atoms with van der Waals surface area (Å²) in [7, 11) is 0. The Hall–Kier alpha value is -3.48. The Kier molecular flexibility index (Phi) is 5.94. The second-order valence-corrected chi connectivity index (χ2v) is 8.53. The highest BCUT2D eigenvalue weighted by atomic mass is 16.5. The molecule has 1 atom stereocenters. The summed E-state index contributed by atoms with van der Waals surface area (Å²) in [5.41, 5.74) is 3.44. The first-order valence-corrected chi connectivity index (χ1v) is 11.5. The average Bonchev–Trinajstić information content (AvgIpc) is 3.36. The van der Waals surface area contributed by atoms with E-state index in [1.165, 1.54) is 0 Å². The van der Waals surface area contributed by atoms with Crippen LogP contribution < -0.4 is 14.2 Å². The molecule has 33 heavy (non-hydrogen) atoms. The predicted octanol–water partition coefficient (Wildman–Crippen LogP) is 5.01. The fourth-order valence-electron chi connectivity index (χ4n) is 4.49. The number of amides is 1. The predicted molar refractivity (Wildman–Crippen MR) is 122 cm³/mol. The van der Waals surface area contributed by atoms with Crippen molar-refractivity contribution < 1.29 is 23.5 Å². The van der Waals surface area contributed by atoms with Gasteiger partial charge in [0.25, 0.3) is 5.91 Å². The molecule has 0 N–H and O–H groups in total. The molecule has 0 radical (unpaired) electrons. The molecule has 3 aromatic rings. The van der Waals surface area contributed by atoms with Crippen molar-refractivity contribution in [3.8, 4) is 17.2 Å². The molecule has 5 rings (SSSR count). The summed E-state index contributed by atoms with van der Waals surface area (Å²) in [4.78, 5) is 15.4. The summed E-state index contributed by atoms with van der Waals surface area (Å²) in [6.45, 7) is 6.14. The lowest BCUT2D eigenvalue weighted by atomic mass is 10.0. The number of rotatable bonds is 5. The lowest BCUT2D eigenvalue weighted by Gasteiger charge is -2.26. The minimum Gasteiger partial charge on any atom is -0.490 e. The van der Waals surface area contributed by atoms with E-state index in [0.29, 0.717) is 31.1 Å². The van der Waals surface area contributed by atoms with Gasteiger partial charge in [0.2, 0.25) is 0 Å². The van der Waals surface area contributed by atoms with Crippen molar-refractivity contribution in [3.63, 3.8) is 0 Å². The Morgan fingerprint density at radius 1 is 1.09 bits per heavy atom. The van der Waals surface area contributed by atoms with E-state index in [-0.39, 0.29) is 11.9 Å². The van der Waals surface area contributed by atoms with E-state index in [2.05, 4.69) is 5.16 Å². The van der Waals surface area contributed by atoms with Gasteiger partial charge in [0.05, 0.1) is 30.5 Å². The monoisotopic (exact) mass is 448 g/mol. The van der Waals surface area contributed by atoms with Gasteiger partial charge in [-0.1, -0.05) is 17.3 Å². The van der Waals surface area contributed by atoms with Crippen LogP contribution >= 0.6 is 0 Å². The third kappa shape index (κ3) is 4.40. The van der Waals surface area contributed by atoms with Crippen molar-refractivity contribution in [2.45, 2.75) is 45.8 Å². The number of ether oxygens (including phenoxy) is 3. The van der Waals surface area contributed by atoms with Gasteiger partial charge in [-0.05, 0) is 62.6 Å². The minimum atomic E-state index is 0.00685. The van der Waals surface area contributed by atoms with Crippen LogP contribution in [0.3, 0.4) is 0 Å². The van der Waals surface area contributed by atoms with Crippen molar-refractivity contribution in [2.75, 3.05) is 19.8 Å². The molecule has 0 aliphatic carbocycles. The van der Waals surface area contributed by atoms with E-state index < -0.39 is 0 Å². The van der Waals surface area contributed by atoms with Gasteiger partial charge in [-0.15, -0.1) is 0 Å². The van der Waals surface area contributed by atoms with E-state index in [4.69, 9.17) is 18.7 Å². The van der Waals surface area contributed by atoms with Crippen molar-refractivity contribution >= 4 is 5.91 Å². The first-order valence-electron chi connectivity index (χ1n) is 11.5. The topological polar surface area (TPSA) is 74.0 Å². The van der Waals surface area contributed by atoms with Gasteiger partial charge in [-0.25, -0.2) is 0 Å². The summed E-state index contributed by atoms with van der Waals surface area (Å²) in [6.07, 6.45) is 2.76. The zero-order chi connectivity index (χ0) is 22.8. The summed E-state index contributed by atoms with van der Waals surface area (Å²) < 4.78 is 22.8. The summed E-state index contributed by atoms with van der Waals surface area (Å²) in [6, 6.07) is 13.4. The largest absolute Gasteiger partial charge is 0.490 e. The molecule has 0 saturated carbocycles. The zero-order valence-electron chi connectivity index (χ0n) is 19.0. The zero-order valence-corrected chi connectivity index (χ0v) is 19.0. The number of carbonyl (C=O) groups is 1. The van der Waals surface area contributed by atoms with E-state index in [9.17, 15) is 4.79 Å². The maximum atomic E-state index is 13.5. The highest BCUT2D eigenvalue weighted by Crippen LogP contribution is 2.38. The molecule has 3 heterocycles. The number of hydrogen-bond acceptors (Lipinski definition) is 6.